The quantitative estimate of drug-likeness (QED) is 0.805. The first-order valence-electron chi connectivity index (χ1n) is 8.06. The van der Waals surface area contributed by atoms with E-state index >= 15 is 0 Å². The van der Waals surface area contributed by atoms with Crippen molar-refractivity contribution in [1.82, 2.24) is 5.32 Å². The van der Waals surface area contributed by atoms with Gasteiger partial charge in [-0.15, -0.1) is 0 Å². The summed E-state index contributed by atoms with van der Waals surface area (Å²) in [5.74, 6) is 0.689. The largest absolute Gasteiger partial charge is 0.303 e. The maximum atomic E-state index is 3.83. The second kappa shape index (κ2) is 6.03. The molecular formula is C20H25N. The Hall–Kier alpha value is -1.60. The van der Waals surface area contributed by atoms with Gasteiger partial charge in [0.2, 0.25) is 0 Å². The molecule has 0 fully saturated rings. The van der Waals surface area contributed by atoms with Crippen LogP contribution in [-0.2, 0) is 0 Å². The number of aryl methyl sites for hydroxylation is 1. The van der Waals surface area contributed by atoms with Gasteiger partial charge in [0.15, 0.2) is 0 Å². The molecule has 1 nitrogen and oxygen atoms in total. The van der Waals surface area contributed by atoms with Crippen molar-refractivity contribution >= 4 is 0 Å². The van der Waals surface area contributed by atoms with Gasteiger partial charge in [0.05, 0.1) is 0 Å². The van der Waals surface area contributed by atoms with Crippen molar-refractivity contribution < 1.29 is 0 Å². The Balaban J connectivity index is 1.79. The van der Waals surface area contributed by atoms with E-state index in [1.165, 1.54) is 35.1 Å². The molecule has 0 radical (unpaired) electrons. The van der Waals surface area contributed by atoms with Crippen LogP contribution < -0.4 is 5.32 Å². The summed E-state index contributed by atoms with van der Waals surface area (Å²) in [6.45, 7) is 6.75. The summed E-state index contributed by atoms with van der Waals surface area (Å²) in [4.78, 5) is 0. The SMILES string of the molecule is Cc1ccc([C@@H](C)NC2CCC(C)c3ccccc32)cc1. The first-order valence-corrected chi connectivity index (χ1v) is 8.06. The molecule has 2 unspecified atom stereocenters. The Morgan fingerprint density at radius 2 is 1.62 bits per heavy atom. The van der Waals surface area contributed by atoms with Crippen LogP contribution in [0.3, 0.4) is 0 Å². The van der Waals surface area contributed by atoms with E-state index in [9.17, 15) is 0 Å². The van der Waals surface area contributed by atoms with E-state index < -0.39 is 0 Å². The lowest BCUT2D eigenvalue weighted by Gasteiger charge is -2.32. The van der Waals surface area contributed by atoms with Crippen LogP contribution in [0, 0.1) is 6.92 Å². The minimum absolute atomic E-state index is 0.386. The molecule has 0 spiro atoms. The molecular weight excluding hydrogens is 254 g/mol. The Morgan fingerprint density at radius 3 is 2.33 bits per heavy atom. The number of nitrogens with one attached hydrogen (secondary N) is 1. The normalized spacial score (nSPS) is 22.6. The van der Waals surface area contributed by atoms with Gasteiger partial charge >= 0.3 is 0 Å². The molecule has 3 rings (SSSR count). The smallest absolute Gasteiger partial charge is 0.0328 e. The zero-order valence-corrected chi connectivity index (χ0v) is 13.3. The summed E-state index contributed by atoms with van der Waals surface area (Å²) in [7, 11) is 0. The lowest BCUT2D eigenvalue weighted by molar-refractivity contribution is 0.396. The molecule has 1 N–H and O–H groups in total. The van der Waals surface area contributed by atoms with E-state index in [0.717, 1.165) is 0 Å². The number of hydrogen-bond acceptors (Lipinski definition) is 1. The third-order valence-electron chi connectivity index (χ3n) is 4.82. The maximum absolute atomic E-state index is 3.83. The van der Waals surface area contributed by atoms with Crippen LogP contribution in [0.25, 0.3) is 0 Å². The van der Waals surface area contributed by atoms with Gasteiger partial charge < -0.3 is 5.32 Å². The van der Waals surface area contributed by atoms with Crippen molar-refractivity contribution in [3.05, 3.63) is 70.8 Å². The molecule has 110 valence electrons. The highest BCUT2D eigenvalue weighted by Crippen LogP contribution is 2.38. The summed E-state index contributed by atoms with van der Waals surface area (Å²) in [6, 6.07) is 18.7. The standard InChI is InChI=1S/C20H25N/c1-14-8-11-17(12-9-14)16(3)21-20-13-10-15(2)18-6-4-5-7-19(18)20/h4-9,11-12,15-16,20-21H,10,13H2,1-3H3/t15?,16-,20?/m1/s1. The van der Waals surface area contributed by atoms with Crippen molar-refractivity contribution in [2.24, 2.45) is 0 Å². The van der Waals surface area contributed by atoms with E-state index in [1.807, 2.05) is 0 Å². The van der Waals surface area contributed by atoms with Gasteiger partial charge in [-0.2, -0.15) is 0 Å². The molecule has 1 heteroatoms. The third-order valence-corrected chi connectivity index (χ3v) is 4.82. The topological polar surface area (TPSA) is 12.0 Å². The lowest BCUT2D eigenvalue weighted by Crippen LogP contribution is -2.28. The van der Waals surface area contributed by atoms with E-state index in [0.29, 0.717) is 18.0 Å². The van der Waals surface area contributed by atoms with Gasteiger partial charge in [0.25, 0.3) is 0 Å². The third kappa shape index (κ3) is 3.03. The highest BCUT2D eigenvalue weighted by atomic mass is 14.9. The molecule has 1 aliphatic rings. The number of fused-ring (bicyclic) bond motifs is 1. The van der Waals surface area contributed by atoms with E-state index in [-0.39, 0.29) is 0 Å². The van der Waals surface area contributed by atoms with Gasteiger partial charge in [0, 0.05) is 12.1 Å². The number of hydrogen-bond donors (Lipinski definition) is 1. The highest BCUT2D eigenvalue weighted by Gasteiger charge is 2.25. The van der Waals surface area contributed by atoms with Gasteiger partial charge in [-0.05, 0) is 49.3 Å². The summed E-state index contributed by atoms with van der Waals surface area (Å²) >= 11 is 0. The van der Waals surface area contributed by atoms with Crippen molar-refractivity contribution in [3.8, 4) is 0 Å². The van der Waals surface area contributed by atoms with Crippen LogP contribution in [0.15, 0.2) is 48.5 Å². The van der Waals surface area contributed by atoms with Crippen LogP contribution in [-0.4, -0.2) is 0 Å². The van der Waals surface area contributed by atoms with Crippen molar-refractivity contribution in [2.75, 3.05) is 0 Å². The second-order valence-corrected chi connectivity index (χ2v) is 6.46. The molecule has 0 bridgehead atoms. The van der Waals surface area contributed by atoms with Crippen molar-refractivity contribution in [3.63, 3.8) is 0 Å². The molecule has 0 heterocycles. The van der Waals surface area contributed by atoms with Crippen LogP contribution in [0.2, 0.25) is 0 Å². The van der Waals surface area contributed by atoms with Crippen LogP contribution in [0.1, 0.15) is 66.9 Å². The van der Waals surface area contributed by atoms with Crippen LogP contribution >= 0.6 is 0 Å². The molecule has 0 aliphatic heterocycles. The van der Waals surface area contributed by atoms with Gasteiger partial charge in [-0.25, -0.2) is 0 Å². The first kappa shape index (κ1) is 14.3. The number of benzene rings is 2. The van der Waals surface area contributed by atoms with Crippen LogP contribution in [0.5, 0.6) is 0 Å². The molecule has 2 aromatic rings. The summed E-state index contributed by atoms with van der Waals surface area (Å²) in [5, 5.41) is 3.83. The number of rotatable bonds is 3. The lowest BCUT2D eigenvalue weighted by atomic mass is 9.80. The molecule has 21 heavy (non-hydrogen) atoms. The maximum Gasteiger partial charge on any atom is 0.0328 e. The minimum atomic E-state index is 0.386. The Kier molecular flexibility index (Phi) is 4.12. The summed E-state index contributed by atoms with van der Waals surface area (Å²) in [6.07, 6.45) is 2.50. The highest BCUT2D eigenvalue weighted by molar-refractivity contribution is 5.35. The van der Waals surface area contributed by atoms with Gasteiger partial charge in [-0.3, -0.25) is 0 Å². The van der Waals surface area contributed by atoms with Gasteiger partial charge in [-0.1, -0.05) is 61.0 Å². The molecule has 2 aromatic carbocycles. The minimum Gasteiger partial charge on any atom is -0.303 e. The summed E-state index contributed by atoms with van der Waals surface area (Å²) in [5.41, 5.74) is 5.71. The molecule has 1 aliphatic carbocycles. The predicted octanol–water partition coefficient (Wildman–Crippen LogP) is 5.28. The fourth-order valence-corrected chi connectivity index (χ4v) is 3.43. The predicted molar refractivity (Wildman–Crippen MR) is 89.6 cm³/mol. The molecule has 0 saturated carbocycles. The summed E-state index contributed by atoms with van der Waals surface area (Å²) < 4.78 is 0. The molecule has 0 amide bonds. The molecule has 3 atom stereocenters. The Labute approximate surface area is 128 Å². The average molecular weight is 279 g/mol. The first-order chi connectivity index (χ1) is 10.1. The molecule has 0 aromatic heterocycles. The Morgan fingerprint density at radius 1 is 0.952 bits per heavy atom. The fraction of sp³-hybridized carbons (Fsp3) is 0.400. The van der Waals surface area contributed by atoms with E-state index in [4.69, 9.17) is 0 Å². The average Bonchev–Trinajstić information content (AvgIpc) is 2.51. The van der Waals surface area contributed by atoms with Gasteiger partial charge in [0.1, 0.15) is 0 Å². The van der Waals surface area contributed by atoms with Crippen molar-refractivity contribution in [2.45, 2.75) is 51.6 Å². The van der Waals surface area contributed by atoms with E-state index in [1.54, 1.807) is 0 Å². The zero-order chi connectivity index (χ0) is 14.8. The second-order valence-electron chi connectivity index (χ2n) is 6.46. The zero-order valence-electron chi connectivity index (χ0n) is 13.3. The molecule has 0 saturated heterocycles. The monoisotopic (exact) mass is 279 g/mol. The van der Waals surface area contributed by atoms with E-state index in [2.05, 4.69) is 74.6 Å². The Bertz CT molecular complexity index is 599. The van der Waals surface area contributed by atoms with Crippen LogP contribution in [0.4, 0.5) is 0 Å². The fourth-order valence-electron chi connectivity index (χ4n) is 3.43. The van der Waals surface area contributed by atoms with Crippen molar-refractivity contribution in [1.29, 1.82) is 0 Å².